The molecule has 2 nitrogen and oxygen atoms in total. The highest BCUT2D eigenvalue weighted by atomic mass is 31.1. The van der Waals surface area contributed by atoms with Crippen LogP contribution in [0.1, 0.15) is 0 Å². The summed E-state index contributed by atoms with van der Waals surface area (Å²) in [6.45, 7) is 0. The molecule has 0 fully saturated rings. The number of phenolic OH excluding ortho intramolecular Hbond substituents is 1. The van der Waals surface area contributed by atoms with Crippen LogP contribution in [0.5, 0.6) is 5.75 Å². The van der Waals surface area contributed by atoms with Crippen molar-refractivity contribution in [3.63, 3.8) is 0 Å². The maximum atomic E-state index is 12.4. The lowest BCUT2D eigenvalue weighted by molar-refractivity contribution is 0.436. The summed E-state index contributed by atoms with van der Waals surface area (Å²) in [4.78, 5) is 8.54. The van der Waals surface area contributed by atoms with Gasteiger partial charge in [0.2, 0.25) is 0 Å². The first kappa shape index (κ1) is 7.45. The molecule has 4 heteroatoms. The van der Waals surface area contributed by atoms with Gasteiger partial charge in [-0.15, -0.1) is 0 Å². The first-order valence-electron chi connectivity index (χ1n) is 2.63. The van der Waals surface area contributed by atoms with Crippen molar-refractivity contribution in [1.82, 2.24) is 0 Å². The fourth-order valence-corrected chi connectivity index (χ4v) is 1.00. The third kappa shape index (κ3) is 1.25. The Morgan fingerprint density at radius 3 is 2.60 bits per heavy atom. The molecule has 1 atom stereocenters. The first-order chi connectivity index (χ1) is 4.75. The molecule has 0 aromatic heterocycles. The Labute approximate surface area is 59.2 Å². The fourth-order valence-electron chi connectivity index (χ4n) is 0.606. The number of rotatable bonds is 1. The van der Waals surface area contributed by atoms with Crippen LogP contribution >= 0.6 is 8.81 Å². The summed E-state index contributed by atoms with van der Waals surface area (Å²) < 4.78 is 12.4. The molecule has 2 N–H and O–H groups in total. The van der Waals surface area contributed by atoms with E-state index in [1.165, 1.54) is 12.1 Å². The highest BCUT2D eigenvalue weighted by Crippen LogP contribution is 2.17. The number of para-hydroxylation sites is 1. The van der Waals surface area contributed by atoms with E-state index in [2.05, 4.69) is 0 Å². The minimum atomic E-state index is -0.695. The summed E-state index contributed by atoms with van der Waals surface area (Å²) in [6, 6.07) is 4.05. The van der Waals surface area contributed by atoms with Gasteiger partial charge in [-0.05, 0) is 12.1 Å². The van der Waals surface area contributed by atoms with E-state index < -0.39 is 20.4 Å². The zero-order valence-electron chi connectivity index (χ0n) is 5.00. The van der Waals surface area contributed by atoms with E-state index in [4.69, 9.17) is 10.00 Å². The minimum absolute atomic E-state index is 0.236. The van der Waals surface area contributed by atoms with Crippen LogP contribution in [-0.4, -0.2) is 10.00 Å². The van der Waals surface area contributed by atoms with E-state index in [1.807, 2.05) is 0 Å². The van der Waals surface area contributed by atoms with Gasteiger partial charge in [-0.25, -0.2) is 4.39 Å². The smallest absolute Gasteiger partial charge is 0.165 e. The summed E-state index contributed by atoms with van der Waals surface area (Å²) in [5.74, 6) is -1.15. The van der Waals surface area contributed by atoms with E-state index in [1.54, 1.807) is 0 Å². The van der Waals surface area contributed by atoms with Crippen LogP contribution in [0.2, 0.25) is 0 Å². The number of aromatic hydroxyl groups is 1. The Hall–Kier alpha value is -0.660. The van der Waals surface area contributed by atoms with Crippen LogP contribution in [0.25, 0.3) is 0 Å². The highest BCUT2D eigenvalue weighted by Gasteiger charge is 2.03. The summed E-state index contributed by atoms with van der Waals surface area (Å²) in [6.07, 6.45) is 0. The molecule has 10 heavy (non-hydrogen) atoms. The molecule has 54 valence electrons. The predicted octanol–water partition coefficient (Wildman–Crippen LogP) is 0.742. The van der Waals surface area contributed by atoms with Crippen molar-refractivity contribution < 1.29 is 14.4 Å². The Kier molecular flexibility index (Phi) is 2.20. The van der Waals surface area contributed by atoms with Crippen molar-refractivity contribution in [2.45, 2.75) is 0 Å². The molecule has 0 aliphatic carbocycles. The van der Waals surface area contributed by atoms with Gasteiger partial charge in [-0.2, -0.15) is 0 Å². The minimum Gasteiger partial charge on any atom is -0.504 e. The summed E-state index contributed by atoms with van der Waals surface area (Å²) in [5.41, 5.74) is 0. The topological polar surface area (TPSA) is 40.5 Å². The standard InChI is InChI=1S/C6H6FO2P/c7-4-2-1-3-5(10-9)6(4)8/h1-3,8-10H. The number of hydrogen-bond donors (Lipinski definition) is 2. The second kappa shape index (κ2) is 2.95. The van der Waals surface area contributed by atoms with Crippen molar-refractivity contribution in [3.05, 3.63) is 24.0 Å². The molecule has 1 aromatic rings. The van der Waals surface area contributed by atoms with Crippen molar-refractivity contribution in [1.29, 1.82) is 0 Å². The van der Waals surface area contributed by atoms with Crippen LogP contribution in [0, 0.1) is 5.82 Å². The maximum Gasteiger partial charge on any atom is 0.165 e. The van der Waals surface area contributed by atoms with Crippen molar-refractivity contribution in [3.8, 4) is 5.75 Å². The van der Waals surface area contributed by atoms with Gasteiger partial charge >= 0.3 is 0 Å². The van der Waals surface area contributed by atoms with Crippen LogP contribution in [-0.2, 0) is 0 Å². The molecule has 0 heterocycles. The predicted molar refractivity (Wildman–Crippen MR) is 38.2 cm³/mol. The van der Waals surface area contributed by atoms with Crippen molar-refractivity contribution >= 4 is 14.1 Å². The number of halogens is 1. The van der Waals surface area contributed by atoms with Crippen LogP contribution in [0.3, 0.4) is 0 Å². The molecule has 0 radical (unpaired) electrons. The van der Waals surface area contributed by atoms with Crippen molar-refractivity contribution in [2.75, 3.05) is 0 Å². The Balaban J connectivity index is 3.14. The lowest BCUT2D eigenvalue weighted by atomic mass is 10.3. The number of hydrogen-bond acceptors (Lipinski definition) is 2. The second-order valence-corrected chi connectivity index (χ2v) is 2.51. The molecular formula is C6H6FO2P. The van der Waals surface area contributed by atoms with E-state index in [0.29, 0.717) is 0 Å². The fraction of sp³-hybridized carbons (Fsp3) is 0. The largest absolute Gasteiger partial charge is 0.504 e. The second-order valence-electron chi connectivity index (χ2n) is 1.75. The van der Waals surface area contributed by atoms with E-state index in [0.717, 1.165) is 6.07 Å². The van der Waals surface area contributed by atoms with Gasteiger partial charge in [0.05, 0.1) is 0 Å². The molecular weight excluding hydrogens is 154 g/mol. The van der Waals surface area contributed by atoms with Crippen molar-refractivity contribution in [2.24, 2.45) is 0 Å². The lowest BCUT2D eigenvalue weighted by Crippen LogP contribution is -1.95. The summed E-state index contributed by atoms with van der Waals surface area (Å²) in [7, 11) is -0.565. The van der Waals surface area contributed by atoms with E-state index >= 15 is 0 Å². The van der Waals surface area contributed by atoms with E-state index in [-0.39, 0.29) is 5.30 Å². The average Bonchev–Trinajstić information content (AvgIpc) is 1.95. The first-order valence-corrected chi connectivity index (χ1v) is 3.58. The molecule has 0 aliphatic heterocycles. The van der Waals surface area contributed by atoms with Gasteiger partial charge in [-0.1, -0.05) is 6.07 Å². The van der Waals surface area contributed by atoms with Crippen LogP contribution in [0.4, 0.5) is 4.39 Å². The molecule has 0 aliphatic rings. The van der Waals surface area contributed by atoms with Gasteiger partial charge in [0.15, 0.2) is 11.6 Å². The zero-order valence-corrected chi connectivity index (χ0v) is 6.00. The van der Waals surface area contributed by atoms with Crippen LogP contribution in [0.15, 0.2) is 18.2 Å². The zero-order chi connectivity index (χ0) is 7.56. The molecule has 0 amide bonds. The Bertz CT molecular complexity index is 239. The lowest BCUT2D eigenvalue weighted by Gasteiger charge is -1.98. The average molecular weight is 160 g/mol. The van der Waals surface area contributed by atoms with Gasteiger partial charge in [0.25, 0.3) is 0 Å². The van der Waals surface area contributed by atoms with Gasteiger partial charge in [0.1, 0.15) is 0 Å². The normalized spacial score (nSPS) is 11.0. The molecule has 0 saturated heterocycles. The SMILES string of the molecule is OPc1cccc(F)c1O. The molecule has 1 rings (SSSR count). The monoisotopic (exact) mass is 160 g/mol. The van der Waals surface area contributed by atoms with Gasteiger partial charge in [0, 0.05) is 14.1 Å². The Morgan fingerprint density at radius 2 is 2.10 bits per heavy atom. The number of phenols is 1. The molecule has 0 spiro atoms. The van der Waals surface area contributed by atoms with Crippen LogP contribution < -0.4 is 5.30 Å². The highest BCUT2D eigenvalue weighted by molar-refractivity contribution is 7.41. The molecule has 0 bridgehead atoms. The quantitative estimate of drug-likeness (QED) is 0.595. The van der Waals surface area contributed by atoms with E-state index in [9.17, 15) is 4.39 Å². The third-order valence-electron chi connectivity index (χ3n) is 1.11. The summed E-state index contributed by atoms with van der Waals surface area (Å²) >= 11 is 0. The third-order valence-corrected chi connectivity index (χ3v) is 1.75. The molecule has 1 unspecified atom stereocenters. The molecule has 1 aromatic carbocycles. The van der Waals surface area contributed by atoms with Gasteiger partial charge < -0.3 is 10.00 Å². The molecule has 0 saturated carbocycles. The Morgan fingerprint density at radius 1 is 1.40 bits per heavy atom. The number of benzene rings is 1. The maximum absolute atomic E-state index is 12.4. The summed E-state index contributed by atoms with van der Waals surface area (Å²) in [5, 5.41) is 9.11. The van der Waals surface area contributed by atoms with Gasteiger partial charge in [-0.3, -0.25) is 0 Å².